The molecule has 27 heavy (non-hydrogen) atoms. The minimum Gasteiger partial charge on any atom is -0.444 e. The molecule has 0 spiro atoms. The number of rotatable bonds is 5. The molecule has 2 aliphatic heterocycles. The summed E-state index contributed by atoms with van der Waals surface area (Å²) in [5.74, 6) is 1.75. The van der Waals surface area contributed by atoms with Crippen molar-refractivity contribution in [1.29, 1.82) is 0 Å². The van der Waals surface area contributed by atoms with Gasteiger partial charge in [-0.05, 0) is 59.4 Å². The number of hydrogen-bond donors (Lipinski definition) is 2. The van der Waals surface area contributed by atoms with Gasteiger partial charge >= 0.3 is 6.09 Å². The Labute approximate surface area is 164 Å². The molecule has 2 atom stereocenters. The van der Waals surface area contributed by atoms with Crippen LogP contribution in [-0.2, 0) is 4.74 Å². The van der Waals surface area contributed by atoms with E-state index in [2.05, 4.69) is 34.3 Å². The van der Waals surface area contributed by atoms with E-state index in [9.17, 15) is 4.79 Å². The summed E-state index contributed by atoms with van der Waals surface area (Å²) in [5.41, 5.74) is -0.468. The van der Waals surface area contributed by atoms with Crippen LogP contribution in [0.25, 0.3) is 0 Å². The molecule has 2 unspecified atom stereocenters. The molecule has 156 valence electrons. The number of nitrogens with zero attached hydrogens (tertiary/aromatic N) is 3. The summed E-state index contributed by atoms with van der Waals surface area (Å²) in [7, 11) is 0. The second-order valence-corrected chi connectivity index (χ2v) is 8.86. The second kappa shape index (κ2) is 10.2. The molecule has 0 aromatic heterocycles. The standard InChI is InChI=1S/C20H39N5O2/c1-6-21-18(22-10-13-24-11-7-8-16(2)14-24)25-12-9-17(15-25)23-19(26)27-20(3,4)5/h16-17H,6-15H2,1-5H3,(H,21,22)(H,23,26). The van der Waals surface area contributed by atoms with Crippen LogP contribution in [0, 0.1) is 5.92 Å². The van der Waals surface area contributed by atoms with Crippen LogP contribution < -0.4 is 10.6 Å². The summed E-state index contributed by atoms with van der Waals surface area (Å²) < 4.78 is 5.36. The Kier molecular flexibility index (Phi) is 8.20. The van der Waals surface area contributed by atoms with Gasteiger partial charge in [0.2, 0.25) is 0 Å². The van der Waals surface area contributed by atoms with Crippen LogP contribution in [-0.4, -0.2) is 79.3 Å². The molecule has 2 heterocycles. The highest BCUT2D eigenvalue weighted by Crippen LogP contribution is 2.15. The topological polar surface area (TPSA) is 69.2 Å². The highest BCUT2D eigenvalue weighted by Gasteiger charge is 2.28. The number of amides is 1. The summed E-state index contributed by atoms with van der Waals surface area (Å²) in [4.78, 5) is 21.6. The Morgan fingerprint density at radius 1 is 1.22 bits per heavy atom. The molecule has 2 fully saturated rings. The number of likely N-dealkylation sites (tertiary alicyclic amines) is 2. The number of carbonyl (C=O) groups excluding carboxylic acids is 1. The molecule has 0 aliphatic carbocycles. The number of nitrogens with one attached hydrogen (secondary N) is 2. The molecule has 0 bridgehead atoms. The molecule has 0 radical (unpaired) electrons. The molecule has 1 amide bonds. The predicted molar refractivity (Wildman–Crippen MR) is 110 cm³/mol. The third kappa shape index (κ3) is 7.95. The molecule has 2 saturated heterocycles. The molecule has 7 heteroatoms. The predicted octanol–water partition coefficient (Wildman–Crippen LogP) is 2.28. The van der Waals surface area contributed by atoms with E-state index < -0.39 is 5.60 Å². The lowest BCUT2D eigenvalue weighted by Gasteiger charge is -2.30. The highest BCUT2D eigenvalue weighted by molar-refractivity contribution is 5.80. The van der Waals surface area contributed by atoms with Gasteiger partial charge in [0, 0.05) is 32.7 Å². The van der Waals surface area contributed by atoms with E-state index in [1.54, 1.807) is 0 Å². The Morgan fingerprint density at radius 2 is 2.00 bits per heavy atom. The lowest BCUT2D eigenvalue weighted by Crippen LogP contribution is -2.44. The third-order valence-corrected chi connectivity index (χ3v) is 4.96. The van der Waals surface area contributed by atoms with E-state index >= 15 is 0 Å². The van der Waals surface area contributed by atoms with Crippen LogP contribution in [0.15, 0.2) is 4.99 Å². The number of carbonyl (C=O) groups is 1. The summed E-state index contributed by atoms with van der Waals surface area (Å²) in [6.45, 7) is 16.8. The van der Waals surface area contributed by atoms with Crippen molar-refractivity contribution in [3.05, 3.63) is 0 Å². The Hall–Kier alpha value is -1.50. The summed E-state index contributed by atoms with van der Waals surface area (Å²) >= 11 is 0. The maximum atomic E-state index is 12.0. The zero-order valence-electron chi connectivity index (χ0n) is 17.9. The monoisotopic (exact) mass is 381 g/mol. The smallest absolute Gasteiger partial charge is 0.407 e. The first-order valence-electron chi connectivity index (χ1n) is 10.5. The van der Waals surface area contributed by atoms with Crippen molar-refractivity contribution in [2.75, 3.05) is 45.8 Å². The van der Waals surface area contributed by atoms with Crippen molar-refractivity contribution < 1.29 is 9.53 Å². The molecular weight excluding hydrogens is 342 g/mol. The average Bonchev–Trinajstić information content (AvgIpc) is 3.00. The van der Waals surface area contributed by atoms with Gasteiger partial charge in [-0.25, -0.2) is 4.79 Å². The molecule has 2 rings (SSSR count). The third-order valence-electron chi connectivity index (χ3n) is 4.96. The molecule has 0 aromatic carbocycles. The summed E-state index contributed by atoms with van der Waals surface area (Å²) in [6.07, 6.45) is 3.22. The highest BCUT2D eigenvalue weighted by atomic mass is 16.6. The average molecular weight is 382 g/mol. The second-order valence-electron chi connectivity index (χ2n) is 8.86. The summed E-state index contributed by atoms with van der Waals surface area (Å²) in [6, 6.07) is 0.103. The van der Waals surface area contributed by atoms with Crippen LogP contribution >= 0.6 is 0 Å². The number of ether oxygens (including phenoxy) is 1. The molecule has 2 N–H and O–H groups in total. The molecule has 7 nitrogen and oxygen atoms in total. The first-order chi connectivity index (χ1) is 12.8. The van der Waals surface area contributed by atoms with Gasteiger partial charge in [-0.2, -0.15) is 0 Å². The summed E-state index contributed by atoms with van der Waals surface area (Å²) in [5, 5.41) is 6.38. The zero-order chi connectivity index (χ0) is 19.9. The van der Waals surface area contributed by atoms with Crippen LogP contribution in [0.4, 0.5) is 4.79 Å². The van der Waals surface area contributed by atoms with Crippen molar-refractivity contribution >= 4 is 12.1 Å². The quantitative estimate of drug-likeness (QED) is 0.565. The van der Waals surface area contributed by atoms with Gasteiger partial charge in [0.05, 0.1) is 12.6 Å². The van der Waals surface area contributed by atoms with E-state index in [1.807, 2.05) is 20.8 Å². The maximum Gasteiger partial charge on any atom is 0.407 e. The first-order valence-corrected chi connectivity index (χ1v) is 10.5. The normalized spacial score (nSPS) is 24.8. The van der Waals surface area contributed by atoms with Crippen LogP contribution in [0.1, 0.15) is 53.9 Å². The lowest BCUT2D eigenvalue weighted by molar-refractivity contribution is 0.0507. The minimum atomic E-state index is -0.468. The number of piperidine rings is 1. The van der Waals surface area contributed by atoms with Gasteiger partial charge < -0.3 is 25.2 Å². The van der Waals surface area contributed by atoms with Crippen molar-refractivity contribution in [1.82, 2.24) is 20.4 Å². The van der Waals surface area contributed by atoms with E-state index in [0.717, 1.165) is 51.0 Å². The van der Waals surface area contributed by atoms with Crippen LogP contribution in [0.2, 0.25) is 0 Å². The van der Waals surface area contributed by atoms with Crippen molar-refractivity contribution in [3.63, 3.8) is 0 Å². The fourth-order valence-corrected chi connectivity index (χ4v) is 3.76. The Morgan fingerprint density at radius 3 is 2.67 bits per heavy atom. The Bertz CT molecular complexity index is 503. The number of aliphatic imine (C=N–C) groups is 1. The number of alkyl carbamates (subject to hydrolysis) is 1. The van der Waals surface area contributed by atoms with Gasteiger partial charge in [0.25, 0.3) is 0 Å². The van der Waals surface area contributed by atoms with Crippen LogP contribution in [0.3, 0.4) is 0 Å². The SMILES string of the molecule is CCNC(=NCCN1CCCC(C)C1)N1CCC(NC(=O)OC(C)(C)C)C1. The van der Waals surface area contributed by atoms with E-state index in [0.29, 0.717) is 0 Å². The van der Waals surface area contributed by atoms with Gasteiger partial charge in [-0.1, -0.05) is 6.92 Å². The van der Waals surface area contributed by atoms with E-state index in [-0.39, 0.29) is 12.1 Å². The van der Waals surface area contributed by atoms with Gasteiger partial charge in [-0.3, -0.25) is 4.99 Å². The van der Waals surface area contributed by atoms with Crippen molar-refractivity contribution in [2.24, 2.45) is 10.9 Å². The van der Waals surface area contributed by atoms with Gasteiger partial charge in [0.15, 0.2) is 5.96 Å². The number of hydrogen-bond acceptors (Lipinski definition) is 4. The Balaban J connectivity index is 1.80. The lowest BCUT2D eigenvalue weighted by atomic mass is 10.0. The molecule has 0 saturated carbocycles. The molecule has 0 aromatic rings. The van der Waals surface area contributed by atoms with Gasteiger partial charge in [0.1, 0.15) is 5.60 Å². The zero-order valence-corrected chi connectivity index (χ0v) is 17.9. The minimum absolute atomic E-state index is 0.103. The maximum absolute atomic E-state index is 12.0. The number of guanidine groups is 1. The molecule has 2 aliphatic rings. The van der Waals surface area contributed by atoms with Crippen molar-refractivity contribution in [3.8, 4) is 0 Å². The van der Waals surface area contributed by atoms with Crippen LogP contribution in [0.5, 0.6) is 0 Å². The molecular formula is C20H39N5O2. The fourth-order valence-electron chi connectivity index (χ4n) is 3.76. The fraction of sp³-hybridized carbons (Fsp3) is 0.900. The van der Waals surface area contributed by atoms with E-state index in [4.69, 9.17) is 9.73 Å². The largest absolute Gasteiger partial charge is 0.444 e. The van der Waals surface area contributed by atoms with Gasteiger partial charge in [-0.15, -0.1) is 0 Å². The first kappa shape index (κ1) is 21.8. The van der Waals surface area contributed by atoms with Crippen molar-refractivity contribution in [2.45, 2.75) is 65.5 Å². The van der Waals surface area contributed by atoms with E-state index in [1.165, 1.54) is 25.9 Å².